The van der Waals surface area contributed by atoms with Gasteiger partial charge in [0.2, 0.25) is 5.91 Å². The van der Waals surface area contributed by atoms with Gasteiger partial charge < -0.3 is 10.6 Å². The fraction of sp³-hybridized carbons (Fsp3) is 0.417. The number of hydrogen-bond acceptors (Lipinski definition) is 3. The molecule has 4 heteroatoms. The third-order valence-corrected chi connectivity index (χ3v) is 3.65. The lowest BCUT2D eigenvalue weighted by Gasteiger charge is -2.30. The third kappa shape index (κ3) is 2.02. The van der Waals surface area contributed by atoms with E-state index in [0.29, 0.717) is 5.69 Å². The normalized spacial score (nSPS) is 15.1. The van der Waals surface area contributed by atoms with E-state index in [0.717, 1.165) is 22.9 Å². The van der Waals surface area contributed by atoms with Gasteiger partial charge in [0.1, 0.15) is 0 Å². The number of rotatable bonds is 1. The summed E-state index contributed by atoms with van der Waals surface area (Å²) in [4.78, 5) is 15.0. The maximum Gasteiger partial charge on any atom is 0.229 e. The van der Waals surface area contributed by atoms with Crippen LogP contribution in [0.15, 0.2) is 23.1 Å². The number of carbonyl (C=O) groups excluding carboxylic acids is 1. The summed E-state index contributed by atoms with van der Waals surface area (Å²) in [5.41, 5.74) is 7.45. The van der Waals surface area contributed by atoms with Crippen LogP contribution in [0.3, 0.4) is 0 Å². The van der Waals surface area contributed by atoms with Crippen LogP contribution in [0.25, 0.3) is 0 Å². The zero-order valence-electron chi connectivity index (χ0n) is 9.56. The standard InChI is InChI=1S/C12H16N2OS/c1-8(2)12(15)14-5-6-16-11-4-3-9(13)7-10(11)14/h3-4,7-8H,5-6,13H2,1-2H3. The first kappa shape index (κ1) is 11.3. The van der Waals surface area contributed by atoms with Crippen molar-refractivity contribution in [2.24, 2.45) is 5.92 Å². The number of benzene rings is 1. The van der Waals surface area contributed by atoms with Crippen molar-refractivity contribution < 1.29 is 4.79 Å². The first-order valence-corrected chi connectivity index (χ1v) is 6.42. The van der Waals surface area contributed by atoms with Gasteiger partial charge in [-0.25, -0.2) is 0 Å². The van der Waals surface area contributed by atoms with Crippen molar-refractivity contribution in [2.75, 3.05) is 22.9 Å². The number of thioether (sulfide) groups is 1. The summed E-state index contributed by atoms with van der Waals surface area (Å²) in [6.07, 6.45) is 0. The first-order chi connectivity index (χ1) is 7.59. The number of amides is 1. The van der Waals surface area contributed by atoms with Crippen LogP contribution in [0.2, 0.25) is 0 Å². The fourth-order valence-corrected chi connectivity index (χ4v) is 2.75. The Morgan fingerprint density at radius 3 is 2.94 bits per heavy atom. The summed E-state index contributed by atoms with van der Waals surface area (Å²) in [6, 6.07) is 5.77. The van der Waals surface area contributed by atoms with E-state index in [9.17, 15) is 4.79 Å². The van der Waals surface area contributed by atoms with Crippen LogP contribution in [0.5, 0.6) is 0 Å². The van der Waals surface area contributed by atoms with Crippen molar-refractivity contribution in [1.82, 2.24) is 0 Å². The van der Waals surface area contributed by atoms with E-state index in [1.54, 1.807) is 11.8 Å². The Bertz CT molecular complexity index is 417. The minimum absolute atomic E-state index is 0.0254. The molecule has 16 heavy (non-hydrogen) atoms. The predicted molar refractivity (Wildman–Crippen MR) is 68.8 cm³/mol. The Hall–Kier alpha value is -1.16. The fourth-order valence-electron chi connectivity index (χ4n) is 1.78. The molecule has 1 aliphatic rings. The molecule has 2 N–H and O–H groups in total. The van der Waals surface area contributed by atoms with Gasteiger partial charge >= 0.3 is 0 Å². The zero-order valence-corrected chi connectivity index (χ0v) is 10.4. The van der Waals surface area contributed by atoms with Crippen molar-refractivity contribution in [2.45, 2.75) is 18.7 Å². The van der Waals surface area contributed by atoms with Gasteiger partial charge in [-0.1, -0.05) is 13.8 Å². The monoisotopic (exact) mass is 236 g/mol. The van der Waals surface area contributed by atoms with Gasteiger partial charge in [-0.3, -0.25) is 4.79 Å². The van der Waals surface area contributed by atoms with Crippen molar-refractivity contribution >= 4 is 29.0 Å². The highest BCUT2D eigenvalue weighted by molar-refractivity contribution is 7.99. The lowest BCUT2D eigenvalue weighted by Crippen LogP contribution is -2.38. The summed E-state index contributed by atoms with van der Waals surface area (Å²) in [5, 5.41) is 0. The topological polar surface area (TPSA) is 46.3 Å². The molecular formula is C12H16N2OS. The minimum atomic E-state index is 0.0254. The Morgan fingerprint density at radius 1 is 1.50 bits per heavy atom. The van der Waals surface area contributed by atoms with Gasteiger partial charge in [0, 0.05) is 28.8 Å². The summed E-state index contributed by atoms with van der Waals surface area (Å²) in [5.74, 6) is 1.15. The van der Waals surface area contributed by atoms with Crippen molar-refractivity contribution in [3.63, 3.8) is 0 Å². The Balaban J connectivity index is 2.39. The van der Waals surface area contributed by atoms with E-state index in [1.165, 1.54) is 0 Å². The van der Waals surface area contributed by atoms with E-state index in [-0.39, 0.29) is 11.8 Å². The van der Waals surface area contributed by atoms with E-state index in [1.807, 2.05) is 36.9 Å². The van der Waals surface area contributed by atoms with Crippen LogP contribution < -0.4 is 10.6 Å². The van der Waals surface area contributed by atoms with Crippen molar-refractivity contribution in [3.05, 3.63) is 18.2 Å². The largest absolute Gasteiger partial charge is 0.399 e. The Morgan fingerprint density at radius 2 is 2.25 bits per heavy atom. The second-order valence-corrected chi connectivity index (χ2v) is 5.36. The summed E-state index contributed by atoms with van der Waals surface area (Å²) in [7, 11) is 0. The molecule has 86 valence electrons. The van der Waals surface area contributed by atoms with E-state index in [4.69, 9.17) is 5.73 Å². The lowest BCUT2D eigenvalue weighted by atomic mass is 10.1. The molecule has 2 rings (SSSR count). The number of fused-ring (bicyclic) bond motifs is 1. The molecule has 0 unspecified atom stereocenters. The van der Waals surface area contributed by atoms with Crippen LogP contribution in [-0.4, -0.2) is 18.2 Å². The summed E-state index contributed by atoms with van der Waals surface area (Å²) < 4.78 is 0. The maximum absolute atomic E-state index is 12.0. The number of carbonyl (C=O) groups is 1. The van der Waals surface area contributed by atoms with Crippen LogP contribution in [0, 0.1) is 5.92 Å². The van der Waals surface area contributed by atoms with Crippen LogP contribution in [0.4, 0.5) is 11.4 Å². The molecule has 0 fully saturated rings. The summed E-state index contributed by atoms with van der Waals surface area (Å²) in [6.45, 7) is 4.63. The van der Waals surface area contributed by atoms with Crippen molar-refractivity contribution in [3.8, 4) is 0 Å². The molecule has 0 atom stereocenters. The van der Waals surface area contributed by atoms with E-state index in [2.05, 4.69) is 0 Å². The van der Waals surface area contributed by atoms with Gasteiger partial charge in [-0.2, -0.15) is 0 Å². The molecule has 1 amide bonds. The molecule has 3 nitrogen and oxygen atoms in total. The van der Waals surface area contributed by atoms with Gasteiger partial charge in [0.25, 0.3) is 0 Å². The number of nitrogens with zero attached hydrogens (tertiary/aromatic N) is 1. The highest BCUT2D eigenvalue weighted by atomic mass is 32.2. The molecule has 0 spiro atoms. The van der Waals surface area contributed by atoms with Crippen LogP contribution in [0.1, 0.15) is 13.8 Å². The number of hydrogen-bond donors (Lipinski definition) is 1. The van der Waals surface area contributed by atoms with Gasteiger partial charge in [0.05, 0.1) is 5.69 Å². The average Bonchev–Trinajstić information content (AvgIpc) is 2.27. The SMILES string of the molecule is CC(C)C(=O)N1CCSc2ccc(N)cc21. The predicted octanol–water partition coefficient (Wildman–Crippen LogP) is 2.36. The quantitative estimate of drug-likeness (QED) is 0.761. The molecule has 1 aromatic rings. The van der Waals surface area contributed by atoms with Crippen LogP contribution >= 0.6 is 11.8 Å². The number of nitrogens with two attached hydrogens (primary N) is 1. The molecule has 0 aromatic heterocycles. The zero-order chi connectivity index (χ0) is 11.7. The lowest BCUT2D eigenvalue weighted by molar-refractivity contribution is -0.121. The van der Waals surface area contributed by atoms with Gasteiger partial charge in [-0.05, 0) is 18.2 Å². The summed E-state index contributed by atoms with van der Waals surface area (Å²) >= 11 is 1.78. The third-order valence-electron chi connectivity index (χ3n) is 2.61. The molecule has 0 bridgehead atoms. The molecule has 1 aromatic carbocycles. The van der Waals surface area contributed by atoms with Crippen molar-refractivity contribution in [1.29, 1.82) is 0 Å². The Kier molecular flexibility index (Phi) is 3.10. The van der Waals surface area contributed by atoms with E-state index < -0.39 is 0 Å². The molecule has 0 saturated heterocycles. The second-order valence-electron chi connectivity index (χ2n) is 4.22. The minimum Gasteiger partial charge on any atom is -0.399 e. The smallest absolute Gasteiger partial charge is 0.229 e. The maximum atomic E-state index is 12.0. The van der Waals surface area contributed by atoms with Gasteiger partial charge in [-0.15, -0.1) is 11.8 Å². The highest BCUT2D eigenvalue weighted by Gasteiger charge is 2.24. The molecule has 1 aliphatic heterocycles. The number of anilines is 2. The molecular weight excluding hydrogens is 220 g/mol. The van der Waals surface area contributed by atoms with Gasteiger partial charge in [0.15, 0.2) is 0 Å². The second kappa shape index (κ2) is 4.37. The van der Waals surface area contributed by atoms with E-state index >= 15 is 0 Å². The number of nitrogen functional groups attached to an aromatic ring is 1. The average molecular weight is 236 g/mol. The molecule has 0 radical (unpaired) electrons. The first-order valence-electron chi connectivity index (χ1n) is 5.43. The van der Waals surface area contributed by atoms with Crippen LogP contribution in [-0.2, 0) is 4.79 Å². The molecule has 1 heterocycles. The molecule has 0 aliphatic carbocycles. The highest BCUT2D eigenvalue weighted by Crippen LogP contribution is 2.36. The Labute approximate surface area is 100.0 Å². The molecule has 0 saturated carbocycles.